The summed E-state index contributed by atoms with van der Waals surface area (Å²) in [7, 11) is 0. The number of carboxylic acids is 1. The lowest BCUT2D eigenvalue weighted by molar-refractivity contribution is -0.384. The Morgan fingerprint density at radius 3 is 2.43 bits per heavy atom. The number of hydrogen-bond donors (Lipinski definition) is 1. The quantitative estimate of drug-likeness (QED) is 0.357. The molecule has 8 heteroatoms. The SMILES string of the molecule is N#C/C(=C\c1ccc(-c2ccc(Cl)c([N+](=O)[O-])c2)o1)c1ccc(C(=O)O)cc1. The molecule has 1 aromatic heterocycles. The summed E-state index contributed by atoms with van der Waals surface area (Å²) in [5, 5.41) is 29.4. The average molecular weight is 395 g/mol. The summed E-state index contributed by atoms with van der Waals surface area (Å²) in [5.41, 5.74) is 1.17. The summed E-state index contributed by atoms with van der Waals surface area (Å²) < 4.78 is 5.67. The Labute approximate surface area is 163 Å². The fourth-order valence-corrected chi connectivity index (χ4v) is 2.69. The Morgan fingerprint density at radius 2 is 1.82 bits per heavy atom. The van der Waals surface area contributed by atoms with Gasteiger partial charge in [-0.2, -0.15) is 5.26 Å². The molecule has 0 atom stereocenters. The maximum Gasteiger partial charge on any atom is 0.335 e. The van der Waals surface area contributed by atoms with Gasteiger partial charge in [0, 0.05) is 11.6 Å². The molecule has 28 heavy (non-hydrogen) atoms. The van der Waals surface area contributed by atoms with E-state index in [4.69, 9.17) is 21.1 Å². The number of carbonyl (C=O) groups is 1. The third-order valence-electron chi connectivity index (χ3n) is 3.90. The van der Waals surface area contributed by atoms with Crippen LogP contribution < -0.4 is 0 Å². The molecular weight excluding hydrogens is 384 g/mol. The number of halogens is 1. The van der Waals surface area contributed by atoms with Gasteiger partial charge in [-0.25, -0.2) is 4.79 Å². The standard InChI is InChI=1S/C20H11ClN2O5/c21-17-7-5-14(10-18(17)23(26)27)19-8-6-16(28-19)9-15(11-22)12-1-3-13(4-2-12)20(24)25/h1-10H,(H,24,25)/b15-9+. The van der Waals surface area contributed by atoms with Crippen LogP contribution >= 0.6 is 11.6 Å². The molecule has 0 aliphatic carbocycles. The fraction of sp³-hybridized carbons (Fsp3) is 0. The fourth-order valence-electron chi connectivity index (χ4n) is 2.51. The van der Waals surface area contributed by atoms with E-state index in [-0.39, 0.29) is 21.8 Å². The highest BCUT2D eigenvalue weighted by Gasteiger charge is 2.15. The van der Waals surface area contributed by atoms with Gasteiger partial charge in [0.15, 0.2) is 0 Å². The number of nitro groups is 1. The summed E-state index contributed by atoms with van der Waals surface area (Å²) in [4.78, 5) is 21.4. The number of furan rings is 1. The zero-order valence-corrected chi connectivity index (χ0v) is 14.9. The van der Waals surface area contributed by atoms with Crippen molar-refractivity contribution in [2.75, 3.05) is 0 Å². The maximum atomic E-state index is 11.0. The first-order chi connectivity index (χ1) is 13.4. The molecular formula is C20H11ClN2O5. The number of nitrogens with zero attached hydrogens (tertiary/aromatic N) is 2. The summed E-state index contributed by atoms with van der Waals surface area (Å²) in [5.74, 6) is -0.308. The molecule has 0 saturated carbocycles. The van der Waals surface area contributed by atoms with E-state index in [9.17, 15) is 20.2 Å². The second kappa shape index (κ2) is 7.78. The van der Waals surface area contributed by atoms with Gasteiger partial charge in [-0.1, -0.05) is 23.7 Å². The lowest BCUT2D eigenvalue weighted by Gasteiger charge is -2.01. The number of nitro benzene ring substituents is 1. The molecule has 3 aromatic rings. The Balaban J connectivity index is 1.92. The van der Waals surface area contributed by atoms with Crippen molar-refractivity contribution in [1.29, 1.82) is 5.26 Å². The van der Waals surface area contributed by atoms with Crippen molar-refractivity contribution in [2.24, 2.45) is 0 Å². The van der Waals surface area contributed by atoms with Crippen molar-refractivity contribution < 1.29 is 19.2 Å². The summed E-state index contributed by atoms with van der Waals surface area (Å²) in [6.07, 6.45) is 1.50. The normalized spacial score (nSPS) is 11.1. The van der Waals surface area contributed by atoms with Crippen molar-refractivity contribution >= 4 is 34.9 Å². The molecule has 0 bridgehead atoms. The molecule has 0 unspecified atom stereocenters. The van der Waals surface area contributed by atoms with E-state index in [1.54, 1.807) is 18.2 Å². The molecule has 138 valence electrons. The number of carboxylic acid groups (broad SMARTS) is 1. The van der Waals surface area contributed by atoms with Crippen LogP contribution in [-0.4, -0.2) is 16.0 Å². The molecule has 0 radical (unpaired) electrons. The van der Waals surface area contributed by atoms with Crippen LogP contribution in [-0.2, 0) is 0 Å². The average Bonchev–Trinajstić information content (AvgIpc) is 3.15. The smallest absolute Gasteiger partial charge is 0.335 e. The molecule has 3 rings (SSSR count). The maximum absolute atomic E-state index is 11.0. The number of rotatable bonds is 5. The van der Waals surface area contributed by atoms with Gasteiger partial charge in [0.1, 0.15) is 16.5 Å². The Hall–Kier alpha value is -3.89. The van der Waals surface area contributed by atoms with Crippen molar-refractivity contribution in [2.45, 2.75) is 0 Å². The minimum absolute atomic E-state index is 0.0250. The van der Waals surface area contributed by atoms with E-state index in [0.717, 1.165) is 0 Å². The van der Waals surface area contributed by atoms with Crippen molar-refractivity contribution in [3.05, 3.63) is 86.6 Å². The molecule has 1 heterocycles. The number of benzene rings is 2. The summed E-state index contributed by atoms with van der Waals surface area (Å²) in [6.45, 7) is 0. The highest BCUT2D eigenvalue weighted by atomic mass is 35.5. The molecule has 1 N–H and O–H groups in total. The predicted octanol–water partition coefficient (Wildman–Crippen LogP) is 5.27. The first-order valence-corrected chi connectivity index (χ1v) is 8.26. The van der Waals surface area contributed by atoms with Gasteiger partial charge in [0.05, 0.1) is 22.1 Å². The van der Waals surface area contributed by atoms with E-state index in [2.05, 4.69) is 0 Å². The van der Waals surface area contributed by atoms with E-state index < -0.39 is 10.9 Å². The molecule has 0 saturated heterocycles. The lowest BCUT2D eigenvalue weighted by atomic mass is 10.0. The van der Waals surface area contributed by atoms with Crippen LogP contribution in [0.25, 0.3) is 23.0 Å². The molecule has 0 aliphatic heterocycles. The van der Waals surface area contributed by atoms with Crippen LogP contribution in [0.3, 0.4) is 0 Å². The molecule has 7 nitrogen and oxygen atoms in total. The van der Waals surface area contributed by atoms with Crippen molar-refractivity contribution in [1.82, 2.24) is 0 Å². The lowest BCUT2D eigenvalue weighted by Crippen LogP contribution is -1.95. The van der Waals surface area contributed by atoms with Crippen LogP contribution in [0.5, 0.6) is 0 Å². The van der Waals surface area contributed by atoms with Crippen LogP contribution in [0.15, 0.2) is 59.0 Å². The third-order valence-corrected chi connectivity index (χ3v) is 4.22. The Bertz CT molecular complexity index is 1140. The minimum Gasteiger partial charge on any atom is -0.478 e. The van der Waals surface area contributed by atoms with Gasteiger partial charge in [-0.3, -0.25) is 10.1 Å². The second-order valence-electron chi connectivity index (χ2n) is 5.68. The minimum atomic E-state index is -1.05. The summed E-state index contributed by atoms with van der Waals surface area (Å²) >= 11 is 5.82. The van der Waals surface area contributed by atoms with Crippen molar-refractivity contribution in [3.8, 4) is 17.4 Å². The Morgan fingerprint density at radius 1 is 1.14 bits per heavy atom. The van der Waals surface area contributed by atoms with E-state index in [1.165, 1.54) is 42.5 Å². The number of aromatic carboxylic acids is 1. The highest BCUT2D eigenvalue weighted by molar-refractivity contribution is 6.32. The van der Waals surface area contributed by atoms with E-state index in [1.807, 2.05) is 6.07 Å². The molecule has 2 aromatic carbocycles. The Kier molecular flexibility index (Phi) is 5.25. The molecule has 0 amide bonds. The number of allylic oxidation sites excluding steroid dienone is 1. The van der Waals surface area contributed by atoms with E-state index >= 15 is 0 Å². The third kappa shape index (κ3) is 3.92. The van der Waals surface area contributed by atoms with Gasteiger partial charge < -0.3 is 9.52 Å². The largest absolute Gasteiger partial charge is 0.478 e. The monoisotopic (exact) mass is 394 g/mol. The predicted molar refractivity (Wildman–Crippen MR) is 103 cm³/mol. The van der Waals surface area contributed by atoms with Gasteiger partial charge in [0.25, 0.3) is 5.69 Å². The summed E-state index contributed by atoms with van der Waals surface area (Å²) in [6, 6.07) is 15.5. The second-order valence-corrected chi connectivity index (χ2v) is 6.08. The topological polar surface area (TPSA) is 117 Å². The van der Waals surface area contributed by atoms with Gasteiger partial charge in [0.2, 0.25) is 0 Å². The zero-order chi connectivity index (χ0) is 20.3. The van der Waals surface area contributed by atoms with Crippen LogP contribution in [0.2, 0.25) is 5.02 Å². The van der Waals surface area contributed by atoms with Gasteiger partial charge in [-0.15, -0.1) is 0 Å². The number of hydrogen-bond acceptors (Lipinski definition) is 5. The van der Waals surface area contributed by atoms with Crippen molar-refractivity contribution in [3.63, 3.8) is 0 Å². The number of nitriles is 1. The molecule has 0 spiro atoms. The van der Waals surface area contributed by atoms with Gasteiger partial charge >= 0.3 is 5.97 Å². The first-order valence-electron chi connectivity index (χ1n) is 7.88. The van der Waals surface area contributed by atoms with Gasteiger partial charge in [-0.05, 0) is 48.0 Å². The molecule has 0 aliphatic rings. The van der Waals surface area contributed by atoms with E-state index in [0.29, 0.717) is 22.6 Å². The van der Waals surface area contributed by atoms with Crippen LogP contribution in [0, 0.1) is 21.4 Å². The highest BCUT2D eigenvalue weighted by Crippen LogP contribution is 2.32. The zero-order valence-electron chi connectivity index (χ0n) is 14.1. The van der Waals surface area contributed by atoms with Crippen LogP contribution in [0.4, 0.5) is 5.69 Å². The van der Waals surface area contributed by atoms with Crippen LogP contribution in [0.1, 0.15) is 21.7 Å². The first kappa shape index (κ1) is 18.9. The molecule has 0 fully saturated rings.